The zero-order valence-electron chi connectivity index (χ0n) is 9.70. The van der Waals surface area contributed by atoms with Gasteiger partial charge >= 0.3 is 5.97 Å². The van der Waals surface area contributed by atoms with Gasteiger partial charge < -0.3 is 9.84 Å². The predicted molar refractivity (Wildman–Crippen MR) is 60.7 cm³/mol. The highest BCUT2D eigenvalue weighted by Gasteiger charge is 2.44. The summed E-state index contributed by atoms with van der Waals surface area (Å²) in [6, 6.07) is 4.62. The second kappa shape index (κ2) is 4.35. The van der Waals surface area contributed by atoms with Crippen LogP contribution in [0.3, 0.4) is 0 Å². The van der Waals surface area contributed by atoms with E-state index >= 15 is 0 Å². The number of benzene rings is 1. The molecule has 1 aromatic rings. The molecule has 3 nitrogen and oxygen atoms in total. The number of methoxy groups -OCH3 is 1. The predicted octanol–water partition coefficient (Wildman–Crippen LogP) is 2.73. The number of carboxylic acid groups (broad SMARTS) is 1. The molecule has 0 radical (unpaired) electrons. The fourth-order valence-corrected chi connectivity index (χ4v) is 2.60. The molecule has 0 aromatic heterocycles. The topological polar surface area (TPSA) is 46.5 Å². The first-order valence-corrected chi connectivity index (χ1v) is 5.64. The second-order valence-electron chi connectivity index (χ2n) is 4.52. The lowest BCUT2D eigenvalue weighted by atomic mass is 9.62. The third-order valence-corrected chi connectivity index (χ3v) is 3.53. The minimum atomic E-state index is -0.894. The molecule has 92 valence electrons. The highest BCUT2D eigenvalue weighted by molar-refractivity contribution is 5.70. The Morgan fingerprint density at radius 1 is 1.53 bits per heavy atom. The van der Waals surface area contributed by atoms with Gasteiger partial charge in [-0.1, -0.05) is 12.5 Å². The number of aliphatic carboxylic acids is 1. The van der Waals surface area contributed by atoms with Crippen LogP contribution in [0.4, 0.5) is 4.39 Å². The molecule has 1 aromatic carbocycles. The van der Waals surface area contributed by atoms with Crippen LogP contribution in [0.5, 0.6) is 5.75 Å². The third kappa shape index (κ3) is 1.99. The molecule has 1 aliphatic rings. The van der Waals surface area contributed by atoms with Crippen molar-refractivity contribution in [3.05, 3.63) is 29.6 Å². The first-order valence-electron chi connectivity index (χ1n) is 5.64. The van der Waals surface area contributed by atoms with Crippen LogP contribution in [0.15, 0.2) is 18.2 Å². The largest absolute Gasteiger partial charge is 0.496 e. The first kappa shape index (κ1) is 11.9. The van der Waals surface area contributed by atoms with Crippen molar-refractivity contribution in [1.29, 1.82) is 0 Å². The number of carbonyl (C=O) groups is 1. The van der Waals surface area contributed by atoms with Gasteiger partial charge in [0.1, 0.15) is 11.6 Å². The van der Waals surface area contributed by atoms with Crippen LogP contribution in [0.1, 0.15) is 31.2 Å². The van der Waals surface area contributed by atoms with E-state index in [4.69, 9.17) is 9.84 Å². The molecule has 0 unspecified atom stereocenters. The van der Waals surface area contributed by atoms with E-state index < -0.39 is 11.4 Å². The average molecular weight is 238 g/mol. The van der Waals surface area contributed by atoms with Crippen LogP contribution in [0, 0.1) is 5.82 Å². The summed E-state index contributed by atoms with van der Waals surface area (Å²) in [7, 11) is 1.48. The van der Waals surface area contributed by atoms with Crippen molar-refractivity contribution in [2.24, 2.45) is 0 Å². The van der Waals surface area contributed by atoms with E-state index in [0.717, 1.165) is 6.42 Å². The van der Waals surface area contributed by atoms with Gasteiger partial charge in [0.05, 0.1) is 13.5 Å². The molecule has 1 saturated carbocycles. The monoisotopic (exact) mass is 238 g/mol. The van der Waals surface area contributed by atoms with Crippen molar-refractivity contribution in [3.8, 4) is 5.75 Å². The Balaban J connectivity index is 2.46. The van der Waals surface area contributed by atoms with E-state index in [9.17, 15) is 9.18 Å². The molecule has 0 heterocycles. The lowest BCUT2D eigenvalue weighted by Crippen LogP contribution is -2.37. The molecule has 0 atom stereocenters. The maximum atomic E-state index is 13.9. The van der Waals surface area contributed by atoms with E-state index in [1.807, 2.05) is 0 Å². The van der Waals surface area contributed by atoms with E-state index in [0.29, 0.717) is 24.2 Å². The van der Waals surface area contributed by atoms with Gasteiger partial charge in [-0.15, -0.1) is 0 Å². The molecule has 0 saturated heterocycles. The van der Waals surface area contributed by atoms with Crippen LogP contribution in [-0.4, -0.2) is 18.2 Å². The van der Waals surface area contributed by atoms with Gasteiger partial charge in [0.15, 0.2) is 0 Å². The van der Waals surface area contributed by atoms with Crippen LogP contribution < -0.4 is 4.74 Å². The van der Waals surface area contributed by atoms with Gasteiger partial charge in [0.2, 0.25) is 0 Å². The number of rotatable bonds is 4. The van der Waals surface area contributed by atoms with Gasteiger partial charge in [-0.3, -0.25) is 4.79 Å². The molecular weight excluding hydrogens is 223 g/mol. The number of hydrogen-bond acceptors (Lipinski definition) is 2. The molecule has 0 amide bonds. The second-order valence-corrected chi connectivity index (χ2v) is 4.52. The molecule has 1 N–H and O–H groups in total. The smallest absolute Gasteiger partial charge is 0.304 e. The lowest BCUT2D eigenvalue weighted by Gasteiger charge is -2.42. The zero-order valence-corrected chi connectivity index (χ0v) is 9.70. The SMILES string of the molecule is COc1cccc(F)c1C1(CC(=O)O)CCC1. The van der Waals surface area contributed by atoms with Crippen molar-refractivity contribution >= 4 is 5.97 Å². The van der Waals surface area contributed by atoms with Gasteiger partial charge in [0.25, 0.3) is 0 Å². The maximum Gasteiger partial charge on any atom is 0.304 e. The summed E-state index contributed by atoms with van der Waals surface area (Å²) in [5, 5.41) is 8.97. The molecule has 0 aliphatic heterocycles. The molecule has 2 rings (SSSR count). The minimum Gasteiger partial charge on any atom is -0.496 e. The summed E-state index contributed by atoms with van der Waals surface area (Å²) in [6.45, 7) is 0. The van der Waals surface area contributed by atoms with Crippen molar-refractivity contribution in [1.82, 2.24) is 0 Å². The van der Waals surface area contributed by atoms with Crippen LogP contribution in [0.25, 0.3) is 0 Å². The van der Waals surface area contributed by atoms with Gasteiger partial charge in [-0.2, -0.15) is 0 Å². The highest BCUT2D eigenvalue weighted by Crippen LogP contribution is 2.50. The summed E-state index contributed by atoms with van der Waals surface area (Å²) >= 11 is 0. The fourth-order valence-electron chi connectivity index (χ4n) is 2.60. The van der Waals surface area contributed by atoms with E-state index in [1.165, 1.54) is 13.2 Å². The molecule has 1 aliphatic carbocycles. The third-order valence-electron chi connectivity index (χ3n) is 3.53. The highest BCUT2D eigenvalue weighted by atomic mass is 19.1. The first-order chi connectivity index (χ1) is 8.09. The Hall–Kier alpha value is -1.58. The van der Waals surface area contributed by atoms with Crippen LogP contribution >= 0.6 is 0 Å². The van der Waals surface area contributed by atoms with E-state index in [1.54, 1.807) is 12.1 Å². The van der Waals surface area contributed by atoms with Crippen molar-refractivity contribution in [2.45, 2.75) is 31.1 Å². The Morgan fingerprint density at radius 2 is 2.24 bits per heavy atom. The number of hydrogen-bond donors (Lipinski definition) is 1. The molecule has 17 heavy (non-hydrogen) atoms. The number of ether oxygens (including phenoxy) is 1. The maximum absolute atomic E-state index is 13.9. The summed E-state index contributed by atoms with van der Waals surface area (Å²) < 4.78 is 19.1. The van der Waals surface area contributed by atoms with Gasteiger partial charge in [-0.25, -0.2) is 4.39 Å². The molecular formula is C13H15FO3. The van der Waals surface area contributed by atoms with Gasteiger partial charge in [-0.05, 0) is 25.0 Å². The van der Waals surface area contributed by atoms with Crippen molar-refractivity contribution in [2.75, 3.05) is 7.11 Å². The Labute approximate surface area is 99.2 Å². The standard InChI is InChI=1S/C13H15FO3/c1-17-10-5-2-4-9(14)12(10)13(6-3-7-13)8-11(15)16/h2,4-5H,3,6-8H2,1H3,(H,15,16). The Bertz CT molecular complexity index is 438. The zero-order chi connectivity index (χ0) is 12.5. The fraction of sp³-hybridized carbons (Fsp3) is 0.462. The quantitative estimate of drug-likeness (QED) is 0.877. The molecule has 1 fully saturated rings. The molecule has 0 bridgehead atoms. The minimum absolute atomic E-state index is 0.0374. The molecule has 0 spiro atoms. The van der Waals surface area contributed by atoms with Gasteiger partial charge in [0, 0.05) is 11.0 Å². The summed E-state index contributed by atoms with van der Waals surface area (Å²) in [6.07, 6.45) is 2.31. The Kier molecular flexibility index (Phi) is 3.05. The lowest BCUT2D eigenvalue weighted by molar-refractivity contribution is -0.139. The summed E-state index contributed by atoms with van der Waals surface area (Å²) in [5.74, 6) is -0.814. The summed E-state index contributed by atoms with van der Waals surface area (Å²) in [5.41, 5.74) is -0.154. The van der Waals surface area contributed by atoms with Crippen molar-refractivity contribution in [3.63, 3.8) is 0 Å². The van der Waals surface area contributed by atoms with Crippen LogP contribution in [-0.2, 0) is 10.2 Å². The Morgan fingerprint density at radius 3 is 2.71 bits per heavy atom. The number of halogens is 1. The molecule has 4 heteroatoms. The van der Waals surface area contributed by atoms with Crippen molar-refractivity contribution < 1.29 is 19.0 Å². The summed E-state index contributed by atoms with van der Waals surface area (Å²) in [4.78, 5) is 10.9. The normalized spacial score (nSPS) is 17.3. The average Bonchev–Trinajstić information content (AvgIpc) is 2.23. The van der Waals surface area contributed by atoms with Crippen LogP contribution in [0.2, 0.25) is 0 Å². The van der Waals surface area contributed by atoms with E-state index in [2.05, 4.69) is 0 Å². The van der Waals surface area contributed by atoms with E-state index in [-0.39, 0.29) is 12.2 Å². The number of carboxylic acids is 1.